The lowest BCUT2D eigenvalue weighted by Crippen LogP contribution is -1.27. The second-order valence-corrected chi connectivity index (χ2v) is 2.47. The predicted molar refractivity (Wildman–Crippen MR) is 57.1 cm³/mol. The highest BCUT2D eigenvalue weighted by molar-refractivity contribution is 4.50. The van der Waals surface area contributed by atoms with Crippen molar-refractivity contribution in [3.8, 4) is 0 Å². The van der Waals surface area contributed by atoms with Gasteiger partial charge in [0.15, 0.2) is 0 Å². The quantitative estimate of drug-likeness (QED) is 0.466. The highest BCUT2D eigenvalue weighted by atomic mass is 14.0. The van der Waals surface area contributed by atoms with Crippen LogP contribution in [0.4, 0.5) is 0 Å². The Morgan fingerprint density at radius 3 is 0.727 bits per heavy atom. The average Bonchev–Trinajstić information content (AvgIpc) is 2.78. The van der Waals surface area contributed by atoms with E-state index in [0.717, 1.165) is 0 Å². The molecule has 0 saturated heterocycles. The highest BCUT2D eigenvalue weighted by Gasteiger charge is 1.95. The van der Waals surface area contributed by atoms with Crippen LogP contribution >= 0.6 is 0 Å². The summed E-state index contributed by atoms with van der Waals surface area (Å²) in [6.07, 6.45) is 7.00. The van der Waals surface area contributed by atoms with E-state index in [4.69, 9.17) is 0 Å². The fourth-order valence-corrected chi connectivity index (χ4v) is 0. The Morgan fingerprint density at radius 2 is 0.727 bits per heavy atom. The molecule has 0 spiro atoms. The predicted octanol–water partition coefficient (Wildman–Crippen LogP) is 5.03. The van der Waals surface area contributed by atoms with Crippen LogP contribution in [0.1, 0.15) is 73.6 Å². The third-order valence-electron chi connectivity index (χ3n) is 0.354. The molecule has 0 heteroatoms. The van der Waals surface area contributed by atoms with Gasteiger partial charge in [0.2, 0.25) is 0 Å². The van der Waals surface area contributed by atoms with Gasteiger partial charge in [-0.25, -0.2) is 0 Å². The van der Waals surface area contributed by atoms with Crippen LogP contribution in [0.3, 0.4) is 0 Å². The van der Waals surface area contributed by atoms with Gasteiger partial charge in [0, 0.05) is 0 Å². The lowest BCUT2D eigenvalue weighted by molar-refractivity contribution is 1.09. The Labute approximate surface area is 74.4 Å². The lowest BCUT2D eigenvalue weighted by Gasteiger charge is -1.48. The van der Waals surface area contributed by atoms with Gasteiger partial charge in [-0.15, -0.1) is 0 Å². The topological polar surface area (TPSA) is 0 Å². The van der Waals surface area contributed by atoms with Crippen molar-refractivity contribution in [1.82, 2.24) is 0 Å². The standard InChI is InChI=1S/C3H6.2C3H8.C2H6/c1-2-3-1;2*1-3-2;1-2/h1-3H2;2*3H2,1-2H3;1-2H3. The molecular formula is C11H28. The molecule has 0 nitrogen and oxygen atoms in total. The molecule has 0 aromatic heterocycles. The van der Waals surface area contributed by atoms with E-state index in [1.165, 1.54) is 32.1 Å². The van der Waals surface area contributed by atoms with E-state index in [-0.39, 0.29) is 0 Å². The average molecular weight is 160 g/mol. The fraction of sp³-hybridized carbons (Fsp3) is 1.00. The summed E-state index contributed by atoms with van der Waals surface area (Å²) < 4.78 is 0. The van der Waals surface area contributed by atoms with Crippen molar-refractivity contribution in [3.05, 3.63) is 0 Å². The van der Waals surface area contributed by atoms with Gasteiger partial charge in [0.05, 0.1) is 0 Å². The molecule has 1 rings (SSSR count). The molecular weight excluding hydrogens is 132 g/mol. The summed E-state index contributed by atoms with van der Waals surface area (Å²) in [5, 5.41) is 0. The summed E-state index contributed by atoms with van der Waals surface area (Å²) in [6.45, 7) is 12.5. The van der Waals surface area contributed by atoms with Gasteiger partial charge >= 0.3 is 0 Å². The molecule has 72 valence electrons. The zero-order chi connectivity index (χ0) is 9.54. The monoisotopic (exact) mass is 160 g/mol. The van der Waals surface area contributed by atoms with Crippen LogP contribution in [0.5, 0.6) is 0 Å². The fourth-order valence-electron chi connectivity index (χ4n) is 0. The van der Waals surface area contributed by atoms with Gasteiger partial charge in [-0.2, -0.15) is 0 Å². The largest absolute Gasteiger partial charge is 0.0683 e. The minimum Gasteiger partial charge on any atom is -0.0683 e. The molecule has 1 saturated carbocycles. The number of rotatable bonds is 0. The van der Waals surface area contributed by atoms with E-state index in [9.17, 15) is 0 Å². The maximum Gasteiger partial charge on any atom is -0.0533 e. The van der Waals surface area contributed by atoms with Crippen LogP contribution in [0.15, 0.2) is 0 Å². The van der Waals surface area contributed by atoms with Crippen molar-refractivity contribution in [2.45, 2.75) is 73.6 Å². The summed E-state index contributed by atoms with van der Waals surface area (Å²) >= 11 is 0. The molecule has 0 aromatic carbocycles. The highest BCUT2D eigenvalue weighted by Crippen LogP contribution is 2.14. The van der Waals surface area contributed by atoms with Gasteiger partial charge in [0.1, 0.15) is 0 Å². The molecule has 1 aliphatic carbocycles. The molecule has 0 radical (unpaired) electrons. The van der Waals surface area contributed by atoms with Gasteiger partial charge in [-0.3, -0.25) is 0 Å². The molecule has 1 aliphatic rings. The van der Waals surface area contributed by atoms with Gasteiger partial charge < -0.3 is 0 Å². The van der Waals surface area contributed by atoms with E-state index >= 15 is 0 Å². The zero-order valence-corrected chi connectivity index (χ0v) is 9.54. The second-order valence-electron chi connectivity index (χ2n) is 2.47. The molecule has 11 heavy (non-hydrogen) atoms. The van der Waals surface area contributed by atoms with Gasteiger partial charge in [-0.05, 0) is 0 Å². The third-order valence-corrected chi connectivity index (χ3v) is 0.354. The van der Waals surface area contributed by atoms with E-state index in [1.54, 1.807) is 0 Å². The number of hydrogen-bond donors (Lipinski definition) is 0. The van der Waals surface area contributed by atoms with Crippen molar-refractivity contribution in [2.75, 3.05) is 0 Å². The first-order chi connectivity index (χ1) is 5.33. The van der Waals surface area contributed by atoms with Crippen molar-refractivity contribution in [3.63, 3.8) is 0 Å². The lowest BCUT2D eigenvalue weighted by atomic mass is 10.6. The van der Waals surface area contributed by atoms with Crippen LogP contribution in [0.2, 0.25) is 0 Å². The van der Waals surface area contributed by atoms with Crippen LogP contribution in [0, 0.1) is 0 Å². The maximum atomic E-state index is 2.12. The molecule has 0 bridgehead atoms. The van der Waals surface area contributed by atoms with Crippen LogP contribution in [0.25, 0.3) is 0 Å². The first kappa shape index (κ1) is 17.2. The minimum atomic E-state index is 1.25. The van der Waals surface area contributed by atoms with E-state index in [2.05, 4.69) is 27.7 Å². The summed E-state index contributed by atoms with van der Waals surface area (Å²) in [5.41, 5.74) is 0. The summed E-state index contributed by atoms with van der Waals surface area (Å²) in [6, 6.07) is 0. The zero-order valence-electron chi connectivity index (χ0n) is 9.54. The van der Waals surface area contributed by atoms with Crippen molar-refractivity contribution >= 4 is 0 Å². The van der Waals surface area contributed by atoms with Crippen molar-refractivity contribution < 1.29 is 0 Å². The molecule has 1 fully saturated rings. The first-order valence-corrected chi connectivity index (χ1v) is 5.33. The van der Waals surface area contributed by atoms with Crippen molar-refractivity contribution in [1.29, 1.82) is 0 Å². The smallest absolute Gasteiger partial charge is 0.0533 e. The molecule has 0 heterocycles. The summed E-state index contributed by atoms with van der Waals surface area (Å²) in [5.74, 6) is 0. The van der Waals surface area contributed by atoms with Crippen molar-refractivity contribution in [2.24, 2.45) is 0 Å². The Balaban J connectivity index is -0.0000000789. The van der Waals surface area contributed by atoms with Crippen LogP contribution < -0.4 is 0 Å². The van der Waals surface area contributed by atoms with Crippen LogP contribution in [-0.2, 0) is 0 Å². The minimum absolute atomic E-state index is 1.25. The molecule has 0 amide bonds. The molecule has 0 aliphatic heterocycles. The SMILES string of the molecule is C1CC1.CC.CCC.CCC. The number of hydrogen-bond acceptors (Lipinski definition) is 0. The Hall–Kier alpha value is 0. The van der Waals surface area contributed by atoms with E-state index in [0.29, 0.717) is 0 Å². The normalized spacial score (nSPS) is 10.4. The van der Waals surface area contributed by atoms with Crippen LogP contribution in [-0.4, -0.2) is 0 Å². The second kappa shape index (κ2) is 32.4. The maximum absolute atomic E-state index is 2.12. The van der Waals surface area contributed by atoms with E-state index in [1.807, 2.05) is 13.8 Å². The molecule has 0 aromatic rings. The summed E-state index contributed by atoms with van der Waals surface area (Å²) in [4.78, 5) is 0. The Bertz CT molecular complexity index is 16.5. The van der Waals surface area contributed by atoms with E-state index < -0.39 is 0 Å². The molecule has 0 unspecified atom stereocenters. The Morgan fingerprint density at radius 1 is 0.636 bits per heavy atom. The molecule has 0 atom stereocenters. The summed E-state index contributed by atoms with van der Waals surface area (Å²) in [7, 11) is 0. The molecule has 0 N–H and O–H groups in total. The Kier molecular flexibility index (Phi) is 50.6. The van der Waals surface area contributed by atoms with Gasteiger partial charge in [-0.1, -0.05) is 73.6 Å². The van der Waals surface area contributed by atoms with Gasteiger partial charge in [0.25, 0.3) is 0 Å². The first-order valence-electron chi connectivity index (χ1n) is 5.33. The third kappa shape index (κ3) is 640.